The van der Waals surface area contributed by atoms with Gasteiger partial charge in [-0.2, -0.15) is 0 Å². The molecule has 0 radical (unpaired) electrons. The molecule has 0 aliphatic rings. The largest absolute Gasteiger partial charge is 0.480 e. The number of aliphatic carboxylic acids is 1. The Hall–Kier alpha value is -1.20. The zero-order valence-corrected chi connectivity index (χ0v) is 8.54. The van der Waals surface area contributed by atoms with Crippen LogP contribution in [0.5, 0.6) is 0 Å². The lowest BCUT2D eigenvalue weighted by Crippen LogP contribution is -2.20. The van der Waals surface area contributed by atoms with Crippen molar-refractivity contribution >= 4 is 23.4 Å². The second-order valence-corrected chi connectivity index (χ2v) is 3.67. The summed E-state index contributed by atoms with van der Waals surface area (Å²) < 4.78 is 0. The summed E-state index contributed by atoms with van der Waals surface area (Å²) in [6, 6.07) is 4.03. The van der Waals surface area contributed by atoms with Gasteiger partial charge in [0.25, 0.3) is 0 Å². The molecule has 0 spiro atoms. The molecule has 0 fully saturated rings. The number of hydrogen-bond acceptors (Lipinski definition) is 4. The van der Waals surface area contributed by atoms with Crippen molar-refractivity contribution in [2.45, 2.75) is 10.9 Å². The molecule has 0 amide bonds. The van der Waals surface area contributed by atoms with Crippen LogP contribution in [0.25, 0.3) is 0 Å². The number of anilines is 1. The molecule has 1 unspecified atom stereocenters. The molecule has 76 valence electrons. The number of thioether (sulfide) groups is 1. The summed E-state index contributed by atoms with van der Waals surface area (Å²) in [6.45, 7) is 0. The molecule has 5 heteroatoms. The number of benzene rings is 1. The number of nitrogens with two attached hydrogens (primary N) is 2. The van der Waals surface area contributed by atoms with Crippen molar-refractivity contribution in [2.24, 2.45) is 5.73 Å². The van der Waals surface area contributed by atoms with E-state index in [0.29, 0.717) is 11.3 Å². The highest BCUT2D eigenvalue weighted by atomic mass is 32.2. The van der Waals surface area contributed by atoms with Gasteiger partial charge in [-0.15, -0.1) is 11.8 Å². The van der Waals surface area contributed by atoms with E-state index in [0.717, 1.165) is 4.90 Å². The van der Waals surface area contributed by atoms with Crippen LogP contribution in [-0.2, 0) is 4.79 Å². The molecule has 1 aromatic carbocycles. The average Bonchev–Trinajstić information content (AvgIpc) is 2.17. The van der Waals surface area contributed by atoms with Crippen LogP contribution in [0, 0.1) is 0 Å². The van der Waals surface area contributed by atoms with Crippen molar-refractivity contribution < 1.29 is 9.90 Å². The van der Waals surface area contributed by atoms with Gasteiger partial charge in [-0.05, 0) is 24.0 Å². The quantitative estimate of drug-likeness (QED) is 0.515. The van der Waals surface area contributed by atoms with E-state index >= 15 is 0 Å². The van der Waals surface area contributed by atoms with E-state index < -0.39 is 12.0 Å². The summed E-state index contributed by atoms with van der Waals surface area (Å²) in [7, 11) is 0. The SMILES string of the molecule is CSc1cc(C(N)C(=O)O)ccc1N. The number of rotatable bonds is 3. The smallest absolute Gasteiger partial charge is 0.325 e. The third kappa shape index (κ3) is 2.18. The van der Waals surface area contributed by atoms with Gasteiger partial charge in [0.2, 0.25) is 0 Å². The Morgan fingerprint density at radius 1 is 1.57 bits per heavy atom. The van der Waals surface area contributed by atoms with Gasteiger partial charge in [0, 0.05) is 10.6 Å². The lowest BCUT2D eigenvalue weighted by molar-refractivity contribution is -0.138. The molecular formula is C9H12N2O2S. The van der Waals surface area contributed by atoms with E-state index in [1.807, 2.05) is 6.26 Å². The average molecular weight is 212 g/mol. The first-order valence-electron chi connectivity index (χ1n) is 3.98. The highest BCUT2D eigenvalue weighted by molar-refractivity contribution is 7.98. The molecule has 0 bridgehead atoms. The fraction of sp³-hybridized carbons (Fsp3) is 0.222. The van der Waals surface area contributed by atoms with E-state index in [9.17, 15) is 4.79 Å². The van der Waals surface area contributed by atoms with Crippen molar-refractivity contribution in [3.05, 3.63) is 23.8 Å². The minimum absolute atomic E-state index is 0.566. The van der Waals surface area contributed by atoms with Crippen molar-refractivity contribution in [2.75, 3.05) is 12.0 Å². The first-order chi connectivity index (χ1) is 6.56. The van der Waals surface area contributed by atoms with Crippen molar-refractivity contribution in [1.29, 1.82) is 0 Å². The fourth-order valence-corrected chi connectivity index (χ4v) is 1.62. The highest BCUT2D eigenvalue weighted by Gasteiger charge is 2.14. The number of carbonyl (C=O) groups is 1. The lowest BCUT2D eigenvalue weighted by Gasteiger charge is -2.09. The van der Waals surface area contributed by atoms with Gasteiger partial charge in [-0.3, -0.25) is 4.79 Å². The van der Waals surface area contributed by atoms with Gasteiger partial charge < -0.3 is 16.6 Å². The van der Waals surface area contributed by atoms with Crippen LogP contribution in [-0.4, -0.2) is 17.3 Å². The van der Waals surface area contributed by atoms with Crippen LogP contribution in [0.3, 0.4) is 0 Å². The maximum Gasteiger partial charge on any atom is 0.325 e. The van der Waals surface area contributed by atoms with E-state index in [-0.39, 0.29) is 0 Å². The molecule has 1 rings (SSSR count). The molecule has 0 saturated heterocycles. The van der Waals surface area contributed by atoms with Crippen LogP contribution in [0.15, 0.2) is 23.1 Å². The monoisotopic (exact) mass is 212 g/mol. The van der Waals surface area contributed by atoms with E-state index in [1.54, 1.807) is 18.2 Å². The molecule has 0 aliphatic carbocycles. The molecule has 4 nitrogen and oxygen atoms in total. The molecule has 0 saturated carbocycles. The summed E-state index contributed by atoms with van der Waals surface area (Å²) >= 11 is 1.47. The van der Waals surface area contributed by atoms with Crippen LogP contribution in [0.4, 0.5) is 5.69 Å². The number of nitrogen functional groups attached to an aromatic ring is 1. The standard InChI is InChI=1S/C9H12N2O2S/c1-14-7-4-5(2-3-6(7)10)8(11)9(12)13/h2-4,8H,10-11H2,1H3,(H,12,13). The minimum Gasteiger partial charge on any atom is -0.480 e. The topological polar surface area (TPSA) is 89.3 Å². The molecular weight excluding hydrogens is 200 g/mol. The Kier molecular flexibility index (Phi) is 3.38. The molecule has 0 heterocycles. The van der Waals surface area contributed by atoms with Crippen molar-refractivity contribution in [3.8, 4) is 0 Å². The molecule has 1 atom stereocenters. The Labute approximate surface area is 86.3 Å². The Morgan fingerprint density at radius 3 is 2.71 bits per heavy atom. The van der Waals surface area contributed by atoms with Gasteiger partial charge in [-0.1, -0.05) is 6.07 Å². The molecule has 0 aromatic heterocycles. The van der Waals surface area contributed by atoms with Crippen LogP contribution < -0.4 is 11.5 Å². The second-order valence-electron chi connectivity index (χ2n) is 2.82. The van der Waals surface area contributed by atoms with E-state index in [1.165, 1.54) is 11.8 Å². The molecule has 0 aliphatic heterocycles. The minimum atomic E-state index is -1.04. The number of hydrogen-bond donors (Lipinski definition) is 3. The number of carboxylic acid groups (broad SMARTS) is 1. The second kappa shape index (κ2) is 4.34. The summed E-state index contributed by atoms with van der Waals surface area (Å²) in [6.07, 6.45) is 1.88. The van der Waals surface area contributed by atoms with Gasteiger partial charge in [0.15, 0.2) is 0 Å². The maximum atomic E-state index is 10.6. The van der Waals surface area contributed by atoms with E-state index in [4.69, 9.17) is 16.6 Å². The predicted octanol–water partition coefficient (Wildman–Crippen LogP) is 1.08. The Bertz CT molecular complexity index is 355. The highest BCUT2D eigenvalue weighted by Crippen LogP contribution is 2.25. The van der Waals surface area contributed by atoms with Gasteiger partial charge in [0.1, 0.15) is 6.04 Å². The third-order valence-corrected chi connectivity index (χ3v) is 2.68. The summed E-state index contributed by atoms with van der Waals surface area (Å²) in [4.78, 5) is 11.5. The van der Waals surface area contributed by atoms with Crippen LogP contribution in [0.2, 0.25) is 0 Å². The molecule has 5 N–H and O–H groups in total. The van der Waals surface area contributed by atoms with Crippen molar-refractivity contribution in [3.63, 3.8) is 0 Å². The first kappa shape index (κ1) is 10.9. The molecule has 1 aromatic rings. The van der Waals surface area contributed by atoms with Gasteiger partial charge in [0.05, 0.1) is 0 Å². The van der Waals surface area contributed by atoms with Crippen LogP contribution in [0.1, 0.15) is 11.6 Å². The predicted molar refractivity (Wildman–Crippen MR) is 57.2 cm³/mol. The summed E-state index contributed by atoms with van der Waals surface area (Å²) in [5, 5.41) is 8.71. The zero-order valence-electron chi connectivity index (χ0n) is 7.73. The summed E-state index contributed by atoms with van der Waals surface area (Å²) in [5.74, 6) is -1.04. The summed E-state index contributed by atoms with van der Waals surface area (Å²) in [5.41, 5.74) is 12.3. The zero-order chi connectivity index (χ0) is 10.7. The van der Waals surface area contributed by atoms with Gasteiger partial charge in [-0.25, -0.2) is 0 Å². The van der Waals surface area contributed by atoms with Crippen LogP contribution >= 0.6 is 11.8 Å². The number of carboxylic acids is 1. The fourth-order valence-electron chi connectivity index (χ4n) is 1.06. The lowest BCUT2D eigenvalue weighted by atomic mass is 10.1. The van der Waals surface area contributed by atoms with Gasteiger partial charge >= 0.3 is 5.97 Å². The van der Waals surface area contributed by atoms with Crippen molar-refractivity contribution in [1.82, 2.24) is 0 Å². The first-order valence-corrected chi connectivity index (χ1v) is 5.20. The maximum absolute atomic E-state index is 10.6. The van der Waals surface area contributed by atoms with E-state index in [2.05, 4.69) is 0 Å². The Balaban J connectivity index is 3.06. The third-order valence-electron chi connectivity index (χ3n) is 1.88. The normalized spacial score (nSPS) is 12.4. The molecule has 14 heavy (non-hydrogen) atoms. The Morgan fingerprint density at radius 2 is 2.21 bits per heavy atom.